The molecule has 0 aromatic heterocycles. The second-order valence-corrected chi connectivity index (χ2v) is 5.22. The molecule has 0 fully saturated rings. The molecule has 2 aromatic carbocycles. The molecule has 0 aliphatic heterocycles. The molecule has 0 bridgehead atoms. The van der Waals surface area contributed by atoms with Crippen LogP contribution in [0.1, 0.15) is 21.5 Å². The predicted molar refractivity (Wildman–Crippen MR) is 87.8 cm³/mol. The average Bonchev–Trinajstić information content (AvgIpc) is 2.56. The normalized spacial score (nSPS) is 10.2. The van der Waals surface area contributed by atoms with Crippen molar-refractivity contribution in [2.75, 3.05) is 19.0 Å². The van der Waals surface area contributed by atoms with E-state index >= 15 is 0 Å². The highest BCUT2D eigenvalue weighted by atomic mass is 19.1. The molecule has 24 heavy (non-hydrogen) atoms. The van der Waals surface area contributed by atoms with Crippen LogP contribution in [-0.2, 0) is 9.53 Å². The van der Waals surface area contributed by atoms with E-state index in [9.17, 15) is 14.0 Å². The number of halogens is 1. The van der Waals surface area contributed by atoms with Gasteiger partial charge in [-0.05, 0) is 49.2 Å². The lowest BCUT2D eigenvalue weighted by Crippen LogP contribution is -2.21. The van der Waals surface area contributed by atoms with Gasteiger partial charge in [-0.25, -0.2) is 9.18 Å². The molecule has 0 unspecified atom stereocenters. The number of rotatable bonds is 5. The zero-order valence-electron chi connectivity index (χ0n) is 13.7. The van der Waals surface area contributed by atoms with Crippen LogP contribution in [0.4, 0.5) is 10.1 Å². The zero-order chi connectivity index (χ0) is 17.7. The van der Waals surface area contributed by atoms with Crippen LogP contribution in [0.3, 0.4) is 0 Å². The van der Waals surface area contributed by atoms with Crippen molar-refractivity contribution in [2.24, 2.45) is 0 Å². The lowest BCUT2D eigenvalue weighted by Gasteiger charge is -2.11. The molecule has 0 aliphatic carbocycles. The Labute approximate surface area is 139 Å². The third-order valence-electron chi connectivity index (χ3n) is 3.60. The van der Waals surface area contributed by atoms with Gasteiger partial charge in [0.2, 0.25) is 0 Å². The Hall–Kier alpha value is -2.89. The van der Waals surface area contributed by atoms with Gasteiger partial charge >= 0.3 is 5.97 Å². The van der Waals surface area contributed by atoms with Crippen LogP contribution in [0, 0.1) is 19.7 Å². The van der Waals surface area contributed by atoms with E-state index < -0.39 is 24.3 Å². The van der Waals surface area contributed by atoms with Crippen molar-refractivity contribution in [2.45, 2.75) is 13.8 Å². The summed E-state index contributed by atoms with van der Waals surface area (Å²) in [4.78, 5) is 23.8. The minimum atomic E-state index is -0.785. The Morgan fingerprint density at radius 2 is 1.92 bits per heavy atom. The Morgan fingerprint density at radius 3 is 2.58 bits per heavy atom. The van der Waals surface area contributed by atoms with Gasteiger partial charge in [-0.3, -0.25) is 4.79 Å². The molecule has 0 saturated carbocycles. The summed E-state index contributed by atoms with van der Waals surface area (Å²) in [6.07, 6.45) is 0. The molecule has 0 spiro atoms. The van der Waals surface area contributed by atoms with E-state index in [1.807, 2.05) is 26.0 Å². The maximum atomic E-state index is 13.6. The topological polar surface area (TPSA) is 64.6 Å². The summed E-state index contributed by atoms with van der Waals surface area (Å²) >= 11 is 0. The molecule has 2 aromatic rings. The summed E-state index contributed by atoms with van der Waals surface area (Å²) in [5, 5.41) is 2.68. The van der Waals surface area contributed by atoms with Crippen LogP contribution in [0.5, 0.6) is 5.75 Å². The van der Waals surface area contributed by atoms with Gasteiger partial charge in [0.15, 0.2) is 18.2 Å². The number of ether oxygens (including phenoxy) is 2. The number of carbonyl (C=O) groups excluding carboxylic acids is 2. The average molecular weight is 331 g/mol. The molecule has 126 valence electrons. The van der Waals surface area contributed by atoms with Gasteiger partial charge in [0, 0.05) is 5.69 Å². The third-order valence-corrected chi connectivity index (χ3v) is 3.60. The van der Waals surface area contributed by atoms with E-state index in [-0.39, 0.29) is 11.3 Å². The van der Waals surface area contributed by atoms with Crippen LogP contribution < -0.4 is 10.1 Å². The number of hydrogen-bond donors (Lipinski definition) is 1. The molecule has 0 heterocycles. The van der Waals surface area contributed by atoms with Gasteiger partial charge in [0.1, 0.15) is 0 Å². The van der Waals surface area contributed by atoms with E-state index in [0.29, 0.717) is 5.69 Å². The number of nitrogens with one attached hydrogen (secondary N) is 1. The fraction of sp³-hybridized carbons (Fsp3) is 0.222. The minimum Gasteiger partial charge on any atom is -0.494 e. The van der Waals surface area contributed by atoms with Gasteiger partial charge in [-0.15, -0.1) is 0 Å². The van der Waals surface area contributed by atoms with Crippen LogP contribution in [-0.4, -0.2) is 25.6 Å². The van der Waals surface area contributed by atoms with Gasteiger partial charge < -0.3 is 14.8 Å². The van der Waals surface area contributed by atoms with Crippen molar-refractivity contribution in [3.05, 3.63) is 58.9 Å². The van der Waals surface area contributed by atoms with Crippen molar-refractivity contribution >= 4 is 17.6 Å². The molecule has 0 atom stereocenters. The molecule has 0 aliphatic rings. The summed E-state index contributed by atoms with van der Waals surface area (Å²) in [7, 11) is 1.33. The molecular weight excluding hydrogens is 313 g/mol. The van der Waals surface area contributed by atoms with Crippen molar-refractivity contribution in [1.29, 1.82) is 0 Å². The summed E-state index contributed by atoms with van der Waals surface area (Å²) in [5.41, 5.74) is 2.65. The molecule has 1 N–H and O–H groups in total. The van der Waals surface area contributed by atoms with E-state index in [0.717, 1.165) is 17.2 Å². The highest BCUT2D eigenvalue weighted by Crippen LogP contribution is 2.19. The van der Waals surface area contributed by atoms with Crippen LogP contribution in [0.2, 0.25) is 0 Å². The second kappa shape index (κ2) is 7.59. The first-order valence-electron chi connectivity index (χ1n) is 7.29. The van der Waals surface area contributed by atoms with E-state index in [1.54, 1.807) is 6.07 Å². The Balaban J connectivity index is 1.95. The summed E-state index contributed by atoms with van der Waals surface area (Å²) in [6, 6.07) is 9.22. The number of methoxy groups -OCH3 is 1. The first-order chi connectivity index (χ1) is 11.4. The minimum absolute atomic E-state index is 0.00726. The van der Waals surface area contributed by atoms with Gasteiger partial charge in [0.05, 0.1) is 12.7 Å². The third kappa shape index (κ3) is 4.10. The van der Waals surface area contributed by atoms with Crippen molar-refractivity contribution < 1.29 is 23.5 Å². The largest absolute Gasteiger partial charge is 0.494 e. The molecule has 0 saturated heterocycles. The van der Waals surface area contributed by atoms with Crippen LogP contribution in [0.15, 0.2) is 36.4 Å². The zero-order valence-corrected chi connectivity index (χ0v) is 13.7. The Morgan fingerprint density at radius 1 is 1.17 bits per heavy atom. The number of benzene rings is 2. The Bertz CT molecular complexity index is 774. The molecular formula is C18H18FNO4. The first kappa shape index (κ1) is 17.5. The number of anilines is 1. The fourth-order valence-corrected chi connectivity index (χ4v) is 2.08. The van der Waals surface area contributed by atoms with E-state index in [4.69, 9.17) is 9.47 Å². The predicted octanol–water partition coefficient (Wildman–Crippen LogP) is 3.25. The fourth-order valence-electron chi connectivity index (χ4n) is 2.08. The molecule has 5 nitrogen and oxygen atoms in total. The lowest BCUT2D eigenvalue weighted by atomic mass is 10.1. The van der Waals surface area contributed by atoms with Crippen molar-refractivity contribution in [3.8, 4) is 5.75 Å². The van der Waals surface area contributed by atoms with Gasteiger partial charge in [-0.1, -0.05) is 12.1 Å². The highest BCUT2D eigenvalue weighted by Gasteiger charge is 2.14. The van der Waals surface area contributed by atoms with Crippen molar-refractivity contribution in [1.82, 2.24) is 0 Å². The molecule has 1 amide bonds. The summed E-state index contributed by atoms with van der Waals surface area (Å²) in [6.45, 7) is 3.36. The van der Waals surface area contributed by atoms with E-state index in [1.165, 1.54) is 19.2 Å². The number of aryl methyl sites for hydroxylation is 1. The summed E-state index contributed by atoms with van der Waals surface area (Å²) in [5.74, 6) is -1.90. The monoisotopic (exact) mass is 331 g/mol. The van der Waals surface area contributed by atoms with Crippen molar-refractivity contribution in [3.63, 3.8) is 0 Å². The SMILES string of the molecule is COc1ccc(C(=O)OCC(=O)Nc2cccc(C)c2C)cc1F. The smallest absolute Gasteiger partial charge is 0.338 e. The standard InChI is InChI=1S/C18H18FNO4/c1-11-5-4-6-15(12(11)2)20-17(21)10-24-18(22)13-7-8-16(23-3)14(19)9-13/h4-9H,10H2,1-3H3,(H,20,21). The Kier molecular flexibility index (Phi) is 5.52. The quantitative estimate of drug-likeness (QED) is 0.854. The van der Waals surface area contributed by atoms with Crippen LogP contribution >= 0.6 is 0 Å². The molecule has 6 heteroatoms. The van der Waals surface area contributed by atoms with E-state index in [2.05, 4.69) is 5.32 Å². The maximum absolute atomic E-state index is 13.6. The number of esters is 1. The highest BCUT2D eigenvalue weighted by molar-refractivity contribution is 5.96. The number of carbonyl (C=O) groups is 2. The van der Waals surface area contributed by atoms with Crippen LogP contribution in [0.25, 0.3) is 0 Å². The summed E-state index contributed by atoms with van der Waals surface area (Å²) < 4.78 is 23.2. The molecule has 0 radical (unpaired) electrons. The number of amides is 1. The molecule has 2 rings (SSSR count). The maximum Gasteiger partial charge on any atom is 0.338 e. The van der Waals surface area contributed by atoms with Gasteiger partial charge in [0.25, 0.3) is 5.91 Å². The lowest BCUT2D eigenvalue weighted by molar-refractivity contribution is -0.119. The second-order valence-electron chi connectivity index (χ2n) is 5.22. The number of hydrogen-bond acceptors (Lipinski definition) is 4. The first-order valence-corrected chi connectivity index (χ1v) is 7.29. The van der Waals surface area contributed by atoms with Gasteiger partial charge in [-0.2, -0.15) is 0 Å².